The third kappa shape index (κ3) is 78.3. The molecule has 0 radical (unpaired) electrons. The molecule has 1 aromatic carbocycles. The van der Waals surface area contributed by atoms with Gasteiger partial charge in [0.1, 0.15) is 0 Å². The predicted molar refractivity (Wildman–Crippen MR) is 67.2 cm³/mol. The molecule has 1 aromatic rings. The summed E-state index contributed by atoms with van der Waals surface area (Å²) in [6, 6.07) is 12.5. The van der Waals surface area contributed by atoms with Crippen LogP contribution < -0.4 is 0 Å². The van der Waals surface area contributed by atoms with E-state index in [0.29, 0.717) is 0 Å². The number of hydrogen-bond acceptors (Lipinski definition) is 2. The molecule has 0 aliphatic rings. The molecular formula is C6H11MoO6P2S2-. The van der Waals surface area contributed by atoms with Crippen LogP contribution in [0.25, 0.3) is 0 Å². The normalized spacial score (nSPS) is 9.76. The van der Waals surface area contributed by atoms with E-state index in [4.69, 9.17) is 29.4 Å². The molecule has 0 heterocycles. The molecule has 17 heavy (non-hydrogen) atoms. The van der Waals surface area contributed by atoms with Gasteiger partial charge in [-0.2, -0.15) is 36.4 Å². The minimum Gasteiger partial charge on any atom is -0.325 e. The van der Waals surface area contributed by atoms with Gasteiger partial charge < -0.3 is 29.4 Å². The first-order valence-corrected chi connectivity index (χ1v) is 8.80. The van der Waals surface area contributed by atoms with E-state index in [1.165, 1.54) is 0 Å². The van der Waals surface area contributed by atoms with Crippen LogP contribution in [0, 0.1) is 6.07 Å². The molecule has 0 saturated heterocycles. The summed E-state index contributed by atoms with van der Waals surface area (Å²) >= 11 is 7.21. The van der Waals surface area contributed by atoms with Crippen molar-refractivity contribution in [2.24, 2.45) is 0 Å². The van der Waals surface area contributed by atoms with Crippen molar-refractivity contribution in [2.75, 3.05) is 0 Å². The van der Waals surface area contributed by atoms with Crippen molar-refractivity contribution >= 4 is 37.1 Å². The molecular weight excluding hydrogens is 390 g/mol. The summed E-state index contributed by atoms with van der Waals surface area (Å²) in [6.07, 6.45) is 0. The zero-order valence-electron chi connectivity index (χ0n) is 8.19. The van der Waals surface area contributed by atoms with Gasteiger partial charge in [-0.3, -0.25) is 0 Å². The van der Waals surface area contributed by atoms with E-state index < -0.39 is 13.4 Å². The van der Waals surface area contributed by atoms with E-state index in [9.17, 15) is 0 Å². The Morgan fingerprint density at radius 2 is 0.941 bits per heavy atom. The molecule has 11 heteroatoms. The van der Waals surface area contributed by atoms with Crippen molar-refractivity contribution in [3.63, 3.8) is 0 Å². The minimum atomic E-state index is -3.81. The Hall–Kier alpha value is 0.968. The van der Waals surface area contributed by atoms with E-state index >= 15 is 0 Å². The average Bonchev–Trinajstić information content (AvgIpc) is 2.01. The molecule has 0 fully saturated rings. The number of rotatable bonds is 0. The first-order chi connectivity index (χ1) is 7.00. The second-order valence-corrected chi connectivity index (χ2v) is 7.10. The summed E-state index contributed by atoms with van der Waals surface area (Å²) in [6.45, 7) is -7.61. The van der Waals surface area contributed by atoms with Gasteiger partial charge in [0.15, 0.2) is 0 Å². The predicted octanol–water partition coefficient (Wildman–Crippen LogP) is -0.140. The maximum atomic E-state index is 7.56. The summed E-state index contributed by atoms with van der Waals surface area (Å²) in [7, 11) is 0. The molecule has 6 N–H and O–H groups in total. The van der Waals surface area contributed by atoms with Crippen LogP contribution in [-0.2, 0) is 44.7 Å². The van der Waals surface area contributed by atoms with Crippen molar-refractivity contribution in [3.05, 3.63) is 36.4 Å². The molecule has 0 spiro atoms. The molecule has 0 amide bonds. The zero-order valence-corrected chi connectivity index (χ0v) is 13.6. The molecule has 0 aromatic heterocycles. The number of hydrogen-bond donors (Lipinski definition) is 6. The fourth-order valence-corrected chi connectivity index (χ4v) is 0.342. The largest absolute Gasteiger partial charge is 0.325 e. The van der Waals surface area contributed by atoms with Crippen LogP contribution in [0.3, 0.4) is 0 Å². The topological polar surface area (TPSA) is 121 Å². The van der Waals surface area contributed by atoms with E-state index in [0.717, 1.165) is 0 Å². The second kappa shape index (κ2) is 12.0. The van der Waals surface area contributed by atoms with Gasteiger partial charge in [-0.05, 0) is 23.6 Å². The maximum Gasteiger partial charge on any atom is 0.319 e. The zero-order chi connectivity index (χ0) is 13.2. The number of benzene rings is 1. The van der Waals surface area contributed by atoms with Crippen molar-refractivity contribution in [1.29, 1.82) is 0 Å². The molecule has 0 aliphatic carbocycles. The maximum absolute atomic E-state index is 7.56. The molecule has 0 atom stereocenters. The average molecular weight is 401 g/mol. The Bertz CT molecular complexity index is 290. The van der Waals surface area contributed by atoms with E-state index in [2.05, 4.69) is 29.7 Å². The Balaban J connectivity index is -0.000000170. The summed E-state index contributed by atoms with van der Waals surface area (Å²) < 4.78 is 0. The molecule has 0 unspecified atom stereocenters. The first kappa shape index (κ1) is 23.1. The fraction of sp³-hybridized carbons (Fsp3) is 0. The Morgan fingerprint density at radius 1 is 0.706 bits per heavy atom. The van der Waals surface area contributed by atoms with Crippen molar-refractivity contribution in [2.45, 2.75) is 0 Å². The van der Waals surface area contributed by atoms with Crippen molar-refractivity contribution < 1.29 is 50.4 Å². The van der Waals surface area contributed by atoms with Crippen LogP contribution in [0.4, 0.5) is 0 Å². The van der Waals surface area contributed by atoms with Crippen LogP contribution in [0.1, 0.15) is 0 Å². The van der Waals surface area contributed by atoms with E-state index in [-0.39, 0.29) is 21.1 Å². The molecule has 0 aliphatic heterocycles. The third-order valence-corrected chi connectivity index (χ3v) is 0.607. The van der Waals surface area contributed by atoms with E-state index in [1.54, 1.807) is 0 Å². The van der Waals surface area contributed by atoms with Crippen LogP contribution in [-0.4, -0.2) is 29.4 Å². The summed E-state index contributed by atoms with van der Waals surface area (Å²) in [5, 5.41) is 0. The van der Waals surface area contributed by atoms with Gasteiger partial charge in [0.05, 0.1) is 0 Å². The monoisotopic (exact) mass is 403 g/mol. The molecule has 0 saturated carbocycles. The second-order valence-electron chi connectivity index (χ2n) is 2.10. The summed E-state index contributed by atoms with van der Waals surface area (Å²) in [5.74, 6) is 0. The fourth-order valence-electron chi connectivity index (χ4n) is 0.342. The Labute approximate surface area is 123 Å². The first-order valence-electron chi connectivity index (χ1n) is 3.48. The Kier molecular flexibility index (Phi) is 16.3. The third-order valence-electron chi connectivity index (χ3n) is 0.607. The molecule has 100 valence electrons. The van der Waals surface area contributed by atoms with Gasteiger partial charge in [-0.1, -0.05) is 0 Å². The standard InChI is InChI=1S/C6H5.Mo.2H3O3PS/c1-2-4-6-5-3-1;;2*1-4(2,3)5/h1-5H;;2*(H3,1,2,3,5)/q-1;;;. The van der Waals surface area contributed by atoms with Gasteiger partial charge in [0, 0.05) is 21.1 Å². The van der Waals surface area contributed by atoms with Gasteiger partial charge in [-0.15, -0.1) is 0 Å². The van der Waals surface area contributed by atoms with Crippen molar-refractivity contribution in [3.8, 4) is 0 Å². The smallest absolute Gasteiger partial charge is 0.319 e. The summed E-state index contributed by atoms with van der Waals surface area (Å²) in [4.78, 5) is 45.3. The van der Waals surface area contributed by atoms with E-state index in [1.807, 2.05) is 30.3 Å². The van der Waals surface area contributed by atoms with Crippen LogP contribution >= 0.6 is 13.4 Å². The van der Waals surface area contributed by atoms with Crippen molar-refractivity contribution in [1.82, 2.24) is 0 Å². The Morgan fingerprint density at radius 3 is 1.00 bits per heavy atom. The van der Waals surface area contributed by atoms with Crippen LogP contribution in [0.2, 0.25) is 0 Å². The molecule has 0 bridgehead atoms. The van der Waals surface area contributed by atoms with Gasteiger partial charge >= 0.3 is 13.4 Å². The van der Waals surface area contributed by atoms with Gasteiger partial charge in [0.2, 0.25) is 0 Å². The quantitative estimate of drug-likeness (QED) is 0.202. The van der Waals surface area contributed by atoms with Gasteiger partial charge in [-0.25, -0.2) is 0 Å². The van der Waals surface area contributed by atoms with Crippen LogP contribution in [0.5, 0.6) is 0 Å². The SMILES string of the molecule is OP(O)(O)=S.OP(O)(O)=S.[Mo].[c-]1ccccc1. The van der Waals surface area contributed by atoms with Crippen LogP contribution in [0.15, 0.2) is 30.3 Å². The van der Waals surface area contributed by atoms with Gasteiger partial charge in [0.25, 0.3) is 0 Å². The minimum absolute atomic E-state index is 0. The molecule has 1 rings (SSSR count). The molecule has 6 nitrogen and oxygen atoms in total. The summed E-state index contributed by atoms with van der Waals surface area (Å²) in [5.41, 5.74) is 0.